The van der Waals surface area contributed by atoms with Crippen LogP contribution >= 0.6 is 0 Å². The van der Waals surface area contributed by atoms with Crippen molar-refractivity contribution in [2.75, 3.05) is 21.3 Å². The third kappa shape index (κ3) is 3.87. The number of hydrogen-bond acceptors (Lipinski definition) is 6. The zero-order chi connectivity index (χ0) is 20.6. The van der Waals surface area contributed by atoms with Gasteiger partial charge in [0.2, 0.25) is 0 Å². The first-order chi connectivity index (χ1) is 12.4. The van der Waals surface area contributed by atoms with Gasteiger partial charge in [-0.3, -0.25) is 4.99 Å². The molecule has 1 aromatic rings. The molecule has 0 radical (unpaired) electrons. The molecule has 0 aromatic heterocycles. The maximum Gasteiger partial charge on any atom is 0.428 e. The lowest BCUT2D eigenvalue weighted by Crippen LogP contribution is -2.54. The van der Waals surface area contributed by atoms with Gasteiger partial charge in [0, 0.05) is 17.7 Å². The number of esters is 1. The number of alkyl halides is 3. The highest BCUT2D eigenvalue weighted by Crippen LogP contribution is 2.40. The monoisotopic (exact) mass is 389 g/mol. The number of benzene rings is 1. The Balaban J connectivity index is 2.62. The molecule has 1 heterocycles. The summed E-state index contributed by atoms with van der Waals surface area (Å²) in [6, 6.07) is 3.16. The van der Waals surface area contributed by atoms with Crippen LogP contribution in [0.25, 0.3) is 0 Å². The van der Waals surface area contributed by atoms with E-state index in [1.54, 1.807) is 19.9 Å². The predicted molar refractivity (Wildman–Crippen MR) is 91.5 cm³/mol. The second-order valence-corrected chi connectivity index (χ2v) is 6.94. The Morgan fingerprint density at radius 3 is 2.22 bits per heavy atom. The number of hydrogen-bond donors (Lipinski definition) is 1. The highest BCUT2D eigenvalue weighted by Gasteiger charge is 2.61. The third-order valence-corrected chi connectivity index (χ3v) is 4.40. The Labute approximate surface area is 154 Å². The molecule has 9 heteroatoms. The molecule has 0 saturated carbocycles. The Hall–Kier alpha value is -2.29. The summed E-state index contributed by atoms with van der Waals surface area (Å²) in [5.41, 5.74) is -3.47. The normalized spacial score (nSPS) is 18.0. The van der Waals surface area contributed by atoms with E-state index in [1.165, 1.54) is 20.3 Å². The van der Waals surface area contributed by atoms with Crippen molar-refractivity contribution in [3.63, 3.8) is 0 Å². The molecule has 1 N–H and O–H groups in total. The zero-order valence-corrected chi connectivity index (χ0v) is 15.7. The largest absolute Gasteiger partial charge is 0.493 e. The molecule has 0 fully saturated rings. The topological polar surface area (TPSA) is 77.4 Å². The lowest BCUT2D eigenvalue weighted by molar-refractivity contribution is -0.259. The number of methoxy groups -OCH3 is 3. The van der Waals surface area contributed by atoms with Crippen LogP contribution in [-0.2, 0) is 16.0 Å². The van der Waals surface area contributed by atoms with Crippen LogP contribution in [0.1, 0.15) is 31.4 Å². The van der Waals surface area contributed by atoms with Crippen LogP contribution in [0.4, 0.5) is 13.2 Å². The van der Waals surface area contributed by atoms with Crippen molar-refractivity contribution in [3.8, 4) is 11.5 Å². The number of halogens is 3. The van der Waals surface area contributed by atoms with E-state index in [2.05, 4.69) is 9.73 Å². The van der Waals surface area contributed by atoms with Crippen LogP contribution in [0.2, 0.25) is 0 Å². The number of nitrogens with zero attached hydrogens (tertiary/aromatic N) is 1. The average Bonchev–Trinajstić information content (AvgIpc) is 2.57. The van der Waals surface area contributed by atoms with Gasteiger partial charge >= 0.3 is 12.1 Å². The van der Waals surface area contributed by atoms with Gasteiger partial charge in [-0.1, -0.05) is 0 Å². The minimum Gasteiger partial charge on any atom is -0.493 e. The van der Waals surface area contributed by atoms with Gasteiger partial charge in [0.05, 0.1) is 26.9 Å². The van der Waals surface area contributed by atoms with Crippen molar-refractivity contribution in [1.82, 2.24) is 0 Å². The first-order valence-electron chi connectivity index (χ1n) is 8.10. The molecular weight excluding hydrogens is 367 g/mol. The summed E-state index contributed by atoms with van der Waals surface area (Å²) >= 11 is 0. The van der Waals surface area contributed by atoms with Gasteiger partial charge in [0.1, 0.15) is 0 Å². The standard InChI is InChI=1S/C18H22F3NO5/c1-16(2)8-10-6-13(25-3)14(26-4)7-11(10)12(22-16)9-17(24,15(23)27-5)18(19,20)21/h6-7,24H,8-9H2,1-5H3. The van der Waals surface area contributed by atoms with Gasteiger partial charge < -0.3 is 19.3 Å². The summed E-state index contributed by atoms with van der Waals surface area (Å²) in [6.45, 7) is 3.49. The molecule has 1 unspecified atom stereocenters. The second kappa shape index (κ2) is 7.03. The molecule has 1 aliphatic heterocycles. The summed E-state index contributed by atoms with van der Waals surface area (Å²) < 4.78 is 55.1. The predicted octanol–water partition coefficient (Wildman–Crippen LogP) is 2.68. The maximum absolute atomic E-state index is 13.5. The van der Waals surface area contributed by atoms with E-state index in [0.717, 1.165) is 7.11 Å². The number of aliphatic hydroxyl groups is 1. The van der Waals surface area contributed by atoms with Crippen LogP contribution in [0.15, 0.2) is 17.1 Å². The molecule has 0 spiro atoms. The van der Waals surface area contributed by atoms with Crippen molar-refractivity contribution in [3.05, 3.63) is 23.3 Å². The minimum atomic E-state index is -5.24. The zero-order valence-electron chi connectivity index (χ0n) is 15.7. The number of aliphatic imine (C=N–C) groups is 1. The van der Waals surface area contributed by atoms with Gasteiger partial charge in [-0.15, -0.1) is 0 Å². The SMILES string of the molecule is COC(=O)C(O)(CC1=NC(C)(C)Cc2cc(OC)c(OC)cc21)C(F)(F)F. The van der Waals surface area contributed by atoms with Crippen molar-refractivity contribution in [2.24, 2.45) is 4.99 Å². The second-order valence-electron chi connectivity index (χ2n) is 6.94. The highest BCUT2D eigenvalue weighted by atomic mass is 19.4. The van der Waals surface area contributed by atoms with E-state index in [0.29, 0.717) is 29.0 Å². The van der Waals surface area contributed by atoms with Crippen molar-refractivity contribution < 1.29 is 37.3 Å². The smallest absolute Gasteiger partial charge is 0.428 e. The number of ether oxygens (including phenoxy) is 3. The van der Waals surface area contributed by atoms with Gasteiger partial charge in [-0.25, -0.2) is 4.79 Å². The van der Waals surface area contributed by atoms with E-state index in [1.807, 2.05) is 0 Å². The molecule has 1 aromatic carbocycles. The molecule has 6 nitrogen and oxygen atoms in total. The Morgan fingerprint density at radius 2 is 1.74 bits per heavy atom. The molecule has 0 aliphatic carbocycles. The molecule has 1 atom stereocenters. The number of rotatable bonds is 5. The van der Waals surface area contributed by atoms with Crippen LogP contribution < -0.4 is 9.47 Å². The van der Waals surface area contributed by atoms with Crippen LogP contribution in [0, 0.1) is 0 Å². The van der Waals surface area contributed by atoms with Crippen LogP contribution in [0.3, 0.4) is 0 Å². The summed E-state index contributed by atoms with van der Waals surface area (Å²) in [5.74, 6) is -1.06. The van der Waals surface area contributed by atoms with E-state index >= 15 is 0 Å². The summed E-state index contributed by atoms with van der Waals surface area (Å²) in [4.78, 5) is 16.1. The molecule has 0 amide bonds. The average molecular weight is 389 g/mol. The fourth-order valence-electron chi connectivity index (χ4n) is 3.10. The lowest BCUT2D eigenvalue weighted by atomic mass is 9.82. The van der Waals surface area contributed by atoms with Crippen LogP contribution in [0.5, 0.6) is 11.5 Å². The van der Waals surface area contributed by atoms with Gasteiger partial charge in [0.25, 0.3) is 5.60 Å². The number of fused-ring (bicyclic) bond motifs is 1. The first-order valence-corrected chi connectivity index (χ1v) is 8.10. The Morgan fingerprint density at radius 1 is 1.19 bits per heavy atom. The fraction of sp³-hybridized carbons (Fsp3) is 0.556. The van der Waals surface area contributed by atoms with Crippen LogP contribution in [-0.4, -0.2) is 55.4 Å². The maximum atomic E-state index is 13.5. The lowest BCUT2D eigenvalue weighted by Gasteiger charge is -2.33. The van der Waals surface area contributed by atoms with Gasteiger partial charge in [-0.05, 0) is 38.0 Å². The summed E-state index contributed by atoms with van der Waals surface area (Å²) in [6.07, 6.45) is -5.87. The molecule has 150 valence electrons. The fourth-order valence-corrected chi connectivity index (χ4v) is 3.10. The minimum absolute atomic E-state index is 0.0626. The molecular formula is C18H22F3NO5. The van der Waals surface area contributed by atoms with E-state index < -0.39 is 29.7 Å². The molecule has 0 saturated heterocycles. The highest BCUT2D eigenvalue weighted by molar-refractivity contribution is 6.06. The molecule has 0 bridgehead atoms. The Bertz CT molecular complexity index is 773. The van der Waals surface area contributed by atoms with Gasteiger partial charge in [-0.2, -0.15) is 13.2 Å². The molecule has 27 heavy (non-hydrogen) atoms. The van der Waals surface area contributed by atoms with E-state index in [-0.39, 0.29) is 5.71 Å². The summed E-state index contributed by atoms with van der Waals surface area (Å²) in [7, 11) is 3.63. The van der Waals surface area contributed by atoms with Crippen molar-refractivity contribution >= 4 is 11.7 Å². The van der Waals surface area contributed by atoms with Gasteiger partial charge in [0.15, 0.2) is 11.5 Å². The third-order valence-electron chi connectivity index (χ3n) is 4.40. The van der Waals surface area contributed by atoms with E-state index in [4.69, 9.17) is 9.47 Å². The quantitative estimate of drug-likeness (QED) is 0.784. The molecule has 1 aliphatic rings. The first kappa shape index (κ1) is 21.0. The number of carbonyl (C=O) groups is 1. The van der Waals surface area contributed by atoms with Crippen molar-refractivity contribution in [2.45, 2.75) is 44.0 Å². The van der Waals surface area contributed by atoms with E-state index in [9.17, 15) is 23.1 Å². The Kier molecular flexibility index (Phi) is 5.47. The van der Waals surface area contributed by atoms with Crippen molar-refractivity contribution in [1.29, 1.82) is 0 Å². The molecule has 2 rings (SSSR count). The summed E-state index contributed by atoms with van der Waals surface area (Å²) in [5, 5.41) is 10.2. The number of carbonyl (C=O) groups excluding carboxylic acids is 1.